The lowest BCUT2D eigenvalue weighted by Gasteiger charge is -2.12. The highest BCUT2D eigenvalue weighted by atomic mass is 32.2. The van der Waals surface area contributed by atoms with E-state index in [-0.39, 0.29) is 11.6 Å². The Bertz CT molecular complexity index is 1140. The van der Waals surface area contributed by atoms with Crippen molar-refractivity contribution < 1.29 is 9.59 Å². The highest BCUT2D eigenvalue weighted by molar-refractivity contribution is 7.99. The third kappa shape index (κ3) is 4.68. The largest absolute Gasteiger partial charge is 0.289 e. The molecule has 31 heavy (non-hydrogen) atoms. The smallest absolute Gasteiger partial charge is 0.194 e. The van der Waals surface area contributed by atoms with Crippen molar-refractivity contribution >= 4 is 23.3 Å². The Kier molecular flexibility index (Phi) is 6.15. The van der Waals surface area contributed by atoms with Gasteiger partial charge in [0.2, 0.25) is 0 Å². The van der Waals surface area contributed by atoms with Crippen molar-refractivity contribution in [2.24, 2.45) is 0 Å². The molecule has 0 radical (unpaired) electrons. The summed E-state index contributed by atoms with van der Waals surface area (Å²) in [6.07, 6.45) is 0. The first-order chi connectivity index (χ1) is 15.0. The molecule has 0 heterocycles. The van der Waals surface area contributed by atoms with E-state index in [0.717, 1.165) is 20.9 Å². The van der Waals surface area contributed by atoms with Crippen LogP contribution in [0.2, 0.25) is 0 Å². The monoisotopic (exact) mass is 422 g/mol. The summed E-state index contributed by atoms with van der Waals surface area (Å²) < 4.78 is 0. The first kappa shape index (κ1) is 20.8. The second-order valence-corrected chi connectivity index (χ2v) is 8.57. The number of rotatable bonds is 6. The molecule has 0 fully saturated rings. The van der Waals surface area contributed by atoms with Crippen molar-refractivity contribution in [3.8, 4) is 0 Å². The Morgan fingerprint density at radius 2 is 0.871 bits per heavy atom. The van der Waals surface area contributed by atoms with Gasteiger partial charge in [-0.3, -0.25) is 9.59 Å². The fourth-order valence-corrected chi connectivity index (χ4v) is 4.40. The predicted molar refractivity (Wildman–Crippen MR) is 126 cm³/mol. The molecule has 0 unspecified atom stereocenters. The summed E-state index contributed by atoms with van der Waals surface area (Å²) in [6.45, 7) is 4.00. The van der Waals surface area contributed by atoms with Gasteiger partial charge in [0, 0.05) is 32.0 Å². The third-order valence-corrected chi connectivity index (χ3v) is 6.26. The molecular weight excluding hydrogens is 400 g/mol. The van der Waals surface area contributed by atoms with Crippen LogP contribution in [0.15, 0.2) is 107 Å². The number of hydrogen-bond acceptors (Lipinski definition) is 3. The summed E-state index contributed by atoms with van der Waals surface area (Å²) in [4.78, 5) is 28.0. The van der Waals surface area contributed by atoms with E-state index in [4.69, 9.17) is 0 Å². The van der Waals surface area contributed by atoms with Crippen molar-refractivity contribution in [3.05, 3.63) is 130 Å². The number of carbonyl (C=O) groups excluding carboxylic acids is 2. The molecule has 0 amide bonds. The van der Waals surface area contributed by atoms with Gasteiger partial charge in [0.15, 0.2) is 11.6 Å². The van der Waals surface area contributed by atoms with Crippen LogP contribution < -0.4 is 0 Å². The molecule has 4 aromatic rings. The van der Waals surface area contributed by atoms with Gasteiger partial charge in [0.05, 0.1) is 0 Å². The van der Waals surface area contributed by atoms with Gasteiger partial charge in [-0.05, 0) is 38.1 Å². The molecule has 0 saturated carbocycles. The van der Waals surface area contributed by atoms with E-state index in [2.05, 4.69) is 0 Å². The standard InChI is InChI=1S/C28H22O2S/c1-19-11-15-21(16-12-19)27(29)23-7-3-5-9-25(23)31-26-10-6-4-8-24(26)28(30)22-17-13-20(2)14-18-22/h3-18H,1-2H3. The van der Waals surface area contributed by atoms with Gasteiger partial charge in [-0.15, -0.1) is 0 Å². The van der Waals surface area contributed by atoms with Crippen LogP contribution in [0.4, 0.5) is 0 Å². The normalized spacial score (nSPS) is 10.6. The van der Waals surface area contributed by atoms with Gasteiger partial charge >= 0.3 is 0 Å². The molecule has 152 valence electrons. The molecule has 0 bridgehead atoms. The number of benzene rings is 4. The maximum atomic E-state index is 13.2. The van der Waals surface area contributed by atoms with Crippen molar-refractivity contribution in [3.63, 3.8) is 0 Å². The van der Waals surface area contributed by atoms with Gasteiger partial charge in [-0.25, -0.2) is 0 Å². The lowest BCUT2D eigenvalue weighted by atomic mass is 10.0. The molecule has 0 aliphatic heterocycles. The lowest BCUT2D eigenvalue weighted by molar-refractivity contribution is 0.102. The zero-order valence-corrected chi connectivity index (χ0v) is 18.3. The van der Waals surface area contributed by atoms with Crippen LogP contribution in [0.5, 0.6) is 0 Å². The summed E-state index contributed by atoms with van der Waals surface area (Å²) in [5, 5.41) is 0. The summed E-state index contributed by atoms with van der Waals surface area (Å²) >= 11 is 1.45. The van der Waals surface area contributed by atoms with Crippen LogP contribution in [0.3, 0.4) is 0 Å². The summed E-state index contributed by atoms with van der Waals surface area (Å²) in [5.41, 5.74) is 4.80. The second-order valence-electron chi connectivity index (χ2n) is 7.48. The Balaban J connectivity index is 1.68. The molecule has 4 rings (SSSR count). The van der Waals surface area contributed by atoms with E-state index in [0.29, 0.717) is 22.3 Å². The van der Waals surface area contributed by atoms with E-state index >= 15 is 0 Å². The van der Waals surface area contributed by atoms with Gasteiger partial charge in [-0.2, -0.15) is 0 Å². The molecular formula is C28H22O2S. The van der Waals surface area contributed by atoms with Crippen molar-refractivity contribution in [1.82, 2.24) is 0 Å². The van der Waals surface area contributed by atoms with Crippen molar-refractivity contribution in [2.45, 2.75) is 23.6 Å². The molecule has 0 aromatic heterocycles. The molecule has 0 atom stereocenters. The van der Waals surface area contributed by atoms with E-state index in [1.807, 2.05) is 111 Å². The van der Waals surface area contributed by atoms with Crippen LogP contribution >= 0.6 is 11.8 Å². The SMILES string of the molecule is Cc1ccc(C(=O)c2ccccc2Sc2ccccc2C(=O)c2ccc(C)cc2)cc1. The lowest BCUT2D eigenvalue weighted by Crippen LogP contribution is -2.05. The van der Waals surface area contributed by atoms with Crippen molar-refractivity contribution in [1.29, 1.82) is 0 Å². The number of carbonyl (C=O) groups is 2. The quantitative estimate of drug-likeness (QED) is 0.316. The van der Waals surface area contributed by atoms with E-state index in [1.54, 1.807) is 0 Å². The van der Waals surface area contributed by atoms with Crippen LogP contribution in [0.1, 0.15) is 43.0 Å². The first-order valence-electron chi connectivity index (χ1n) is 10.1. The maximum Gasteiger partial charge on any atom is 0.194 e. The maximum absolute atomic E-state index is 13.2. The predicted octanol–water partition coefficient (Wildman–Crippen LogP) is 6.92. The first-order valence-corrected chi connectivity index (χ1v) is 10.9. The summed E-state index contributed by atoms with van der Waals surface area (Å²) in [7, 11) is 0. The molecule has 0 spiro atoms. The molecule has 0 aliphatic carbocycles. The van der Waals surface area contributed by atoms with Crippen molar-refractivity contribution in [2.75, 3.05) is 0 Å². The summed E-state index contributed by atoms with van der Waals surface area (Å²) in [5.74, 6) is -0.0455. The Morgan fingerprint density at radius 1 is 0.516 bits per heavy atom. The minimum Gasteiger partial charge on any atom is -0.289 e. The van der Waals surface area contributed by atoms with Gasteiger partial charge in [0.25, 0.3) is 0 Å². The Hall–Kier alpha value is -3.43. The Labute approximate surface area is 187 Å². The second kappa shape index (κ2) is 9.15. The topological polar surface area (TPSA) is 34.1 Å². The Morgan fingerprint density at radius 3 is 1.26 bits per heavy atom. The minimum atomic E-state index is -0.0227. The van der Waals surface area contributed by atoms with E-state index in [1.165, 1.54) is 11.8 Å². The fraction of sp³-hybridized carbons (Fsp3) is 0.0714. The van der Waals surface area contributed by atoms with Crippen LogP contribution in [-0.4, -0.2) is 11.6 Å². The van der Waals surface area contributed by atoms with E-state index < -0.39 is 0 Å². The van der Waals surface area contributed by atoms with Crippen LogP contribution in [0.25, 0.3) is 0 Å². The minimum absolute atomic E-state index is 0.0227. The summed E-state index contributed by atoms with van der Waals surface area (Å²) in [6, 6.07) is 30.3. The van der Waals surface area contributed by atoms with Gasteiger partial charge < -0.3 is 0 Å². The average Bonchev–Trinajstić information content (AvgIpc) is 2.80. The average molecular weight is 423 g/mol. The molecule has 2 nitrogen and oxygen atoms in total. The number of hydrogen-bond donors (Lipinski definition) is 0. The van der Waals surface area contributed by atoms with E-state index in [9.17, 15) is 9.59 Å². The van der Waals surface area contributed by atoms with Gasteiger partial charge in [0.1, 0.15) is 0 Å². The molecule has 0 N–H and O–H groups in total. The molecule has 0 aliphatic rings. The molecule has 0 saturated heterocycles. The zero-order chi connectivity index (χ0) is 21.8. The zero-order valence-electron chi connectivity index (χ0n) is 17.5. The molecule has 4 aromatic carbocycles. The third-order valence-electron chi connectivity index (χ3n) is 5.11. The number of ketones is 2. The highest BCUT2D eigenvalue weighted by Gasteiger charge is 2.18. The van der Waals surface area contributed by atoms with Crippen LogP contribution in [0, 0.1) is 13.8 Å². The number of aryl methyl sites for hydroxylation is 2. The van der Waals surface area contributed by atoms with Crippen LogP contribution in [-0.2, 0) is 0 Å². The highest BCUT2D eigenvalue weighted by Crippen LogP contribution is 2.34. The van der Waals surface area contributed by atoms with Gasteiger partial charge in [-0.1, -0.05) is 95.7 Å². The fourth-order valence-electron chi connectivity index (χ4n) is 3.33. The molecule has 3 heteroatoms.